The van der Waals surface area contributed by atoms with E-state index in [4.69, 9.17) is 9.15 Å². The van der Waals surface area contributed by atoms with E-state index in [0.29, 0.717) is 12.0 Å². The molecule has 3 nitrogen and oxygen atoms in total. The van der Waals surface area contributed by atoms with Gasteiger partial charge in [0.15, 0.2) is 11.6 Å². The Hall–Kier alpha value is -3.47. The minimum absolute atomic E-state index is 0.0285. The van der Waals surface area contributed by atoms with Crippen molar-refractivity contribution in [1.82, 2.24) is 0 Å². The Kier molecular flexibility index (Phi) is 8.52. The summed E-state index contributed by atoms with van der Waals surface area (Å²) in [7, 11) is 0. The van der Waals surface area contributed by atoms with Gasteiger partial charge < -0.3 is 9.15 Å². The lowest BCUT2D eigenvalue weighted by Crippen LogP contribution is -2.06. The van der Waals surface area contributed by atoms with Gasteiger partial charge in [-0.1, -0.05) is 82.3 Å². The number of hydrogen-bond acceptors (Lipinski definition) is 3. The number of aryl methyl sites for hydroxylation is 1. The summed E-state index contributed by atoms with van der Waals surface area (Å²) in [5.41, 5.74) is 2.11. The third-order valence-electron chi connectivity index (χ3n) is 6.52. The lowest BCUT2D eigenvalue weighted by molar-refractivity contribution is 0.291. The summed E-state index contributed by atoms with van der Waals surface area (Å²) >= 11 is 0. The van der Waals surface area contributed by atoms with E-state index < -0.39 is 17.3 Å². The summed E-state index contributed by atoms with van der Waals surface area (Å²) < 4.78 is 41.1. The van der Waals surface area contributed by atoms with Crippen LogP contribution < -0.4 is 10.4 Å². The van der Waals surface area contributed by atoms with E-state index in [1.165, 1.54) is 43.0 Å². The number of ether oxygens (including phenoxy) is 1. The molecule has 0 atom stereocenters. The molecule has 4 rings (SSSR count). The molecule has 1 aromatic heterocycles. The maximum absolute atomic E-state index is 15.1. The minimum Gasteiger partial charge on any atom is -0.490 e. The molecule has 3 aromatic carbocycles. The molecule has 0 aliphatic carbocycles. The first kappa shape index (κ1) is 25.6. The SMILES string of the molecule is CCCCCCCCOc1ccc2cc(-c3ccc(-c4ccc(CC)cc4)cc3F)oc(=O)c2c1F. The standard InChI is InChI=1S/C31H32F2O3/c1-3-5-6-7-8-9-18-35-27-17-15-24-20-28(36-31(34)29(24)30(27)33)25-16-14-23(19-26(25)32)22-12-10-21(4-2)11-13-22/h10-17,19-20H,3-9,18H2,1-2H3. The van der Waals surface area contributed by atoms with Crippen LogP contribution in [0.4, 0.5) is 8.78 Å². The summed E-state index contributed by atoms with van der Waals surface area (Å²) in [6.45, 7) is 4.64. The van der Waals surface area contributed by atoms with Gasteiger partial charge in [0.1, 0.15) is 17.0 Å². The first-order valence-electron chi connectivity index (χ1n) is 12.8. The maximum Gasteiger partial charge on any atom is 0.347 e. The molecular weight excluding hydrogens is 458 g/mol. The Bertz CT molecular complexity index is 1370. The van der Waals surface area contributed by atoms with Crippen molar-refractivity contribution < 1.29 is 17.9 Å². The number of unbranched alkanes of at least 4 members (excludes halogenated alkanes) is 5. The van der Waals surface area contributed by atoms with Crippen LogP contribution in [-0.2, 0) is 6.42 Å². The van der Waals surface area contributed by atoms with Crippen LogP contribution in [0.2, 0.25) is 0 Å². The van der Waals surface area contributed by atoms with Crippen LogP contribution in [0.15, 0.2) is 69.9 Å². The summed E-state index contributed by atoms with van der Waals surface area (Å²) in [5, 5.41) is 0.150. The molecule has 0 radical (unpaired) electrons. The van der Waals surface area contributed by atoms with Crippen molar-refractivity contribution in [3.63, 3.8) is 0 Å². The van der Waals surface area contributed by atoms with Gasteiger partial charge in [-0.05, 0) is 59.2 Å². The maximum atomic E-state index is 15.1. The highest BCUT2D eigenvalue weighted by Crippen LogP contribution is 2.31. The Morgan fingerprint density at radius 3 is 2.25 bits per heavy atom. The lowest BCUT2D eigenvalue weighted by atomic mass is 10.00. The van der Waals surface area contributed by atoms with Crippen LogP contribution in [-0.4, -0.2) is 6.61 Å². The molecule has 0 fully saturated rings. The highest BCUT2D eigenvalue weighted by molar-refractivity contribution is 5.86. The zero-order valence-electron chi connectivity index (χ0n) is 20.9. The molecule has 0 aliphatic rings. The van der Waals surface area contributed by atoms with E-state index in [-0.39, 0.29) is 22.5 Å². The minimum atomic E-state index is -0.858. The summed E-state index contributed by atoms with van der Waals surface area (Å²) in [4.78, 5) is 12.7. The fourth-order valence-corrected chi connectivity index (χ4v) is 4.36. The highest BCUT2D eigenvalue weighted by Gasteiger charge is 2.17. The molecule has 0 unspecified atom stereocenters. The van der Waals surface area contributed by atoms with Crippen LogP contribution in [0, 0.1) is 11.6 Å². The van der Waals surface area contributed by atoms with E-state index >= 15 is 8.78 Å². The smallest absolute Gasteiger partial charge is 0.347 e. The molecule has 0 amide bonds. The van der Waals surface area contributed by atoms with Gasteiger partial charge >= 0.3 is 5.63 Å². The van der Waals surface area contributed by atoms with Gasteiger partial charge in [0.2, 0.25) is 0 Å². The van der Waals surface area contributed by atoms with Crippen molar-refractivity contribution in [3.8, 4) is 28.2 Å². The lowest BCUT2D eigenvalue weighted by Gasteiger charge is -2.10. The van der Waals surface area contributed by atoms with Crippen molar-refractivity contribution in [2.24, 2.45) is 0 Å². The van der Waals surface area contributed by atoms with E-state index in [1.54, 1.807) is 18.2 Å². The van der Waals surface area contributed by atoms with Crippen molar-refractivity contribution in [2.75, 3.05) is 6.61 Å². The van der Waals surface area contributed by atoms with E-state index in [9.17, 15) is 4.79 Å². The van der Waals surface area contributed by atoms with E-state index in [0.717, 1.165) is 36.8 Å². The predicted molar refractivity (Wildman–Crippen MR) is 142 cm³/mol. The van der Waals surface area contributed by atoms with E-state index in [2.05, 4.69) is 13.8 Å². The van der Waals surface area contributed by atoms with Crippen molar-refractivity contribution in [2.45, 2.75) is 58.8 Å². The normalized spacial score (nSPS) is 11.2. The average Bonchev–Trinajstić information content (AvgIpc) is 2.89. The van der Waals surface area contributed by atoms with Gasteiger partial charge in [0, 0.05) is 0 Å². The second kappa shape index (κ2) is 12.0. The Morgan fingerprint density at radius 1 is 0.806 bits per heavy atom. The van der Waals surface area contributed by atoms with Crippen molar-refractivity contribution in [1.29, 1.82) is 0 Å². The molecule has 4 aromatic rings. The fourth-order valence-electron chi connectivity index (χ4n) is 4.36. The first-order valence-corrected chi connectivity index (χ1v) is 12.8. The summed E-state index contributed by atoms with van der Waals surface area (Å²) in [6.07, 6.45) is 7.52. The average molecular weight is 491 g/mol. The van der Waals surface area contributed by atoms with Gasteiger partial charge in [-0.15, -0.1) is 0 Å². The van der Waals surface area contributed by atoms with Crippen LogP contribution >= 0.6 is 0 Å². The first-order chi connectivity index (χ1) is 17.5. The molecule has 36 heavy (non-hydrogen) atoms. The van der Waals surface area contributed by atoms with Gasteiger partial charge in [-0.3, -0.25) is 0 Å². The molecule has 0 spiro atoms. The molecule has 0 aliphatic heterocycles. The van der Waals surface area contributed by atoms with Crippen LogP contribution in [0.1, 0.15) is 57.9 Å². The topological polar surface area (TPSA) is 39.4 Å². The molecule has 1 heterocycles. The Morgan fingerprint density at radius 2 is 1.53 bits per heavy atom. The highest BCUT2D eigenvalue weighted by atomic mass is 19.1. The number of benzene rings is 3. The summed E-state index contributed by atoms with van der Waals surface area (Å²) in [5.74, 6) is -1.18. The molecular formula is C31H32F2O3. The molecule has 188 valence electrons. The zero-order chi connectivity index (χ0) is 25.5. The summed E-state index contributed by atoms with van der Waals surface area (Å²) in [6, 6.07) is 17.3. The van der Waals surface area contributed by atoms with Gasteiger partial charge in [-0.25, -0.2) is 13.6 Å². The predicted octanol–water partition coefficient (Wildman–Crippen LogP) is 8.71. The largest absolute Gasteiger partial charge is 0.490 e. The molecule has 0 saturated carbocycles. The third-order valence-corrected chi connectivity index (χ3v) is 6.52. The zero-order valence-corrected chi connectivity index (χ0v) is 20.9. The molecule has 0 saturated heterocycles. The quantitative estimate of drug-likeness (QED) is 0.197. The van der Waals surface area contributed by atoms with Crippen molar-refractivity contribution in [3.05, 3.63) is 88.3 Å². The number of hydrogen-bond donors (Lipinski definition) is 0. The monoisotopic (exact) mass is 490 g/mol. The van der Waals surface area contributed by atoms with E-state index in [1.807, 2.05) is 24.3 Å². The fraction of sp³-hybridized carbons (Fsp3) is 0.323. The number of rotatable bonds is 11. The number of halogens is 2. The van der Waals surface area contributed by atoms with Gasteiger partial charge in [0.25, 0.3) is 0 Å². The van der Waals surface area contributed by atoms with Crippen LogP contribution in [0.5, 0.6) is 5.75 Å². The van der Waals surface area contributed by atoms with Crippen molar-refractivity contribution >= 4 is 10.8 Å². The van der Waals surface area contributed by atoms with Crippen LogP contribution in [0.3, 0.4) is 0 Å². The van der Waals surface area contributed by atoms with Gasteiger partial charge in [-0.2, -0.15) is 0 Å². The molecule has 0 bridgehead atoms. The second-order valence-electron chi connectivity index (χ2n) is 9.10. The second-order valence-corrected chi connectivity index (χ2v) is 9.10. The van der Waals surface area contributed by atoms with Crippen LogP contribution in [0.25, 0.3) is 33.2 Å². The Balaban J connectivity index is 1.53. The molecule has 0 N–H and O–H groups in total. The van der Waals surface area contributed by atoms with Gasteiger partial charge in [0.05, 0.1) is 12.2 Å². The number of fused-ring (bicyclic) bond motifs is 1. The Labute approximate surface area is 210 Å². The molecule has 5 heteroatoms. The third kappa shape index (κ3) is 5.84.